The summed E-state index contributed by atoms with van der Waals surface area (Å²) in [5.41, 5.74) is 2.03. The molecule has 0 aliphatic carbocycles. The van der Waals surface area contributed by atoms with Gasteiger partial charge < -0.3 is 5.32 Å². The Hall–Kier alpha value is -1.67. The van der Waals surface area contributed by atoms with Crippen LogP contribution >= 0.6 is 11.9 Å². The fraction of sp³-hybridized carbons (Fsp3) is 0.333. The van der Waals surface area contributed by atoms with E-state index in [2.05, 4.69) is 21.1 Å². The molecule has 1 aliphatic heterocycles. The summed E-state index contributed by atoms with van der Waals surface area (Å²) in [5, 5.41) is 11.9. The zero-order valence-corrected chi connectivity index (χ0v) is 10.6. The first kappa shape index (κ1) is 11.8. The summed E-state index contributed by atoms with van der Waals surface area (Å²) in [4.78, 5) is 5.54. The monoisotopic (exact) mass is 246 g/mol. The van der Waals surface area contributed by atoms with Gasteiger partial charge in [0.15, 0.2) is 0 Å². The smallest absolute Gasteiger partial charge is 0.206 e. The maximum absolute atomic E-state index is 8.68. The third-order valence-corrected chi connectivity index (χ3v) is 3.10. The van der Waals surface area contributed by atoms with Gasteiger partial charge in [-0.2, -0.15) is 5.26 Å². The van der Waals surface area contributed by atoms with Crippen molar-refractivity contribution in [2.75, 3.05) is 5.32 Å². The number of hydrogen-bond acceptors (Lipinski definition) is 3. The van der Waals surface area contributed by atoms with Gasteiger partial charge in [0.05, 0.1) is 23.1 Å². The molecule has 17 heavy (non-hydrogen) atoms. The third-order valence-electron chi connectivity index (χ3n) is 2.23. The van der Waals surface area contributed by atoms with Gasteiger partial charge in [-0.25, -0.2) is 4.99 Å². The fourth-order valence-electron chi connectivity index (χ4n) is 1.54. The molecule has 2 N–H and O–H groups in total. The van der Waals surface area contributed by atoms with Gasteiger partial charge in [0.1, 0.15) is 0 Å². The first-order chi connectivity index (χ1) is 8.19. The number of rotatable bonds is 2. The zero-order chi connectivity index (χ0) is 12.3. The predicted molar refractivity (Wildman–Crippen MR) is 70.9 cm³/mol. The molecule has 0 aromatic heterocycles. The number of guanidine groups is 1. The van der Waals surface area contributed by atoms with E-state index in [1.54, 1.807) is 0 Å². The summed E-state index contributed by atoms with van der Waals surface area (Å²) in [6, 6.07) is 8.39. The summed E-state index contributed by atoms with van der Waals surface area (Å²) < 4.78 is 3.15. The molecule has 0 spiro atoms. The van der Waals surface area contributed by atoms with Gasteiger partial charge in [-0.15, -0.1) is 0 Å². The van der Waals surface area contributed by atoms with Crippen LogP contribution in [0, 0.1) is 11.3 Å². The molecular formula is C12H14N4S. The average Bonchev–Trinajstić information content (AvgIpc) is 2.28. The molecule has 0 bridgehead atoms. The number of nitriles is 1. The highest BCUT2D eigenvalue weighted by Gasteiger charge is 2.14. The molecule has 1 heterocycles. The quantitative estimate of drug-likeness (QED) is 0.787. The standard InChI is InChI=1S/C12H14N4S/c1-8(2)14-12-15-10-7-9(5-6-13)3-4-11(10)17-16-12/h3-4,7-8H,5H2,1-2H3,(H2,14,15,16). The minimum absolute atomic E-state index is 0.245. The van der Waals surface area contributed by atoms with Gasteiger partial charge >= 0.3 is 0 Å². The number of hydrogen-bond donors (Lipinski definition) is 2. The van der Waals surface area contributed by atoms with Gasteiger partial charge in [0, 0.05) is 6.04 Å². The van der Waals surface area contributed by atoms with Crippen LogP contribution in [0.15, 0.2) is 28.1 Å². The largest absolute Gasteiger partial charge is 0.325 e. The zero-order valence-electron chi connectivity index (χ0n) is 9.82. The summed E-state index contributed by atoms with van der Waals surface area (Å²) in [6.07, 6.45) is 0.434. The minimum atomic E-state index is 0.245. The van der Waals surface area contributed by atoms with Crippen LogP contribution in [0.4, 0.5) is 5.69 Å². The van der Waals surface area contributed by atoms with Crippen LogP contribution in [0.25, 0.3) is 0 Å². The Morgan fingerprint density at radius 2 is 2.29 bits per heavy atom. The summed E-state index contributed by atoms with van der Waals surface area (Å²) in [6.45, 7) is 4.06. The molecule has 0 atom stereocenters. The van der Waals surface area contributed by atoms with Crippen LogP contribution in [0.2, 0.25) is 0 Å². The van der Waals surface area contributed by atoms with E-state index < -0.39 is 0 Å². The van der Waals surface area contributed by atoms with E-state index in [-0.39, 0.29) is 6.04 Å². The highest BCUT2D eigenvalue weighted by Crippen LogP contribution is 2.29. The van der Waals surface area contributed by atoms with Gasteiger partial charge in [0.2, 0.25) is 5.96 Å². The van der Waals surface area contributed by atoms with Crippen molar-refractivity contribution >= 4 is 23.6 Å². The Balaban J connectivity index is 2.24. The molecule has 0 saturated carbocycles. The van der Waals surface area contributed by atoms with Crippen molar-refractivity contribution in [1.82, 2.24) is 4.72 Å². The topological polar surface area (TPSA) is 60.2 Å². The Kier molecular flexibility index (Phi) is 3.55. The molecule has 4 nitrogen and oxygen atoms in total. The van der Waals surface area contributed by atoms with E-state index in [9.17, 15) is 0 Å². The second kappa shape index (κ2) is 5.11. The number of anilines is 1. The molecule has 0 fully saturated rings. The van der Waals surface area contributed by atoms with E-state index in [0.717, 1.165) is 22.1 Å². The lowest BCUT2D eigenvalue weighted by Crippen LogP contribution is -2.30. The Morgan fingerprint density at radius 1 is 1.47 bits per heavy atom. The Bertz CT molecular complexity index is 488. The van der Waals surface area contributed by atoms with E-state index in [1.165, 1.54) is 11.9 Å². The van der Waals surface area contributed by atoms with Crippen LogP contribution in [0.3, 0.4) is 0 Å². The van der Waals surface area contributed by atoms with Crippen LogP contribution in [-0.4, -0.2) is 12.0 Å². The van der Waals surface area contributed by atoms with Gasteiger partial charge in [-0.05, 0) is 43.5 Å². The predicted octanol–water partition coefficient (Wildman–Crippen LogP) is 2.54. The highest BCUT2D eigenvalue weighted by atomic mass is 32.2. The number of aliphatic imine (C=N–C) groups is 1. The maximum atomic E-state index is 8.68. The van der Waals surface area contributed by atoms with E-state index >= 15 is 0 Å². The molecule has 0 amide bonds. The molecule has 0 radical (unpaired) electrons. The number of nitrogens with one attached hydrogen (secondary N) is 2. The van der Waals surface area contributed by atoms with Crippen molar-refractivity contribution in [3.63, 3.8) is 0 Å². The Morgan fingerprint density at radius 3 is 3.00 bits per heavy atom. The van der Waals surface area contributed by atoms with Crippen molar-refractivity contribution in [2.24, 2.45) is 4.99 Å². The van der Waals surface area contributed by atoms with Crippen molar-refractivity contribution in [3.05, 3.63) is 23.8 Å². The van der Waals surface area contributed by atoms with Crippen LogP contribution in [0.1, 0.15) is 19.4 Å². The van der Waals surface area contributed by atoms with Crippen molar-refractivity contribution < 1.29 is 0 Å². The number of fused-ring (bicyclic) bond motifs is 1. The average molecular weight is 246 g/mol. The second-order valence-corrected chi connectivity index (χ2v) is 4.91. The minimum Gasteiger partial charge on any atom is -0.325 e. The first-order valence-corrected chi connectivity index (χ1v) is 6.28. The highest BCUT2D eigenvalue weighted by molar-refractivity contribution is 7.98. The maximum Gasteiger partial charge on any atom is 0.206 e. The lowest BCUT2D eigenvalue weighted by atomic mass is 10.1. The SMILES string of the molecule is CC(C)N=C1NSc2ccc(CC#N)cc2N1. The van der Waals surface area contributed by atoms with Gasteiger partial charge in [-0.1, -0.05) is 6.07 Å². The van der Waals surface area contributed by atoms with Crippen LogP contribution < -0.4 is 10.0 Å². The molecule has 2 rings (SSSR count). The normalized spacial score (nSPS) is 16.0. The third kappa shape index (κ3) is 2.92. The molecule has 1 aromatic carbocycles. The summed E-state index contributed by atoms with van der Waals surface area (Å²) >= 11 is 1.54. The van der Waals surface area contributed by atoms with E-state index in [1.807, 2.05) is 32.0 Å². The van der Waals surface area contributed by atoms with Crippen molar-refractivity contribution in [1.29, 1.82) is 5.26 Å². The summed E-state index contributed by atoms with van der Waals surface area (Å²) in [5.74, 6) is 0.770. The Labute approximate surface area is 105 Å². The van der Waals surface area contributed by atoms with Crippen LogP contribution in [0.5, 0.6) is 0 Å². The van der Waals surface area contributed by atoms with Gasteiger partial charge in [-0.3, -0.25) is 4.72 Å². The summed E-state index contributed by atoms with van der Waals surface area (Å²) in [7, 11) is 0. The van der Waals surface area contributed by atoms with E-state index in [4.69, 9.17) is 5.26 Å². The lowest BCUT2D eigenvalue weighted by molar-refractivity contribution is 0.831. The fourth-order valence-corrected chi connectivity index (χ4v) is 2.20. The van der Waals surface area contributed by atoms with E-state index in [0.29, 0.717) is 6.42 Å². The van der Waals surface area contributed by atoms with Gasteiger partial charge in [0.25, 0.3) is 0 Å². The molecule has 5 heteroatoms. The number of nitrogens with zero attached hydrogens (tertiary/aromatic N) is 2. The molecule has 0 saturated heterocycles. The van der Waals surface area contributed by atoms with Crippen molar-refractivity contribution in [3.8, 4) is 6.07 Å². The first-order valence-electron chi connectivity index (χ1n) is 5.46. The van der Waals surface area contributed by atoms with Crippen LogP contribution in [-0.2, 0) is 6.42 Å². The molecular weight excluding hydrogens is 232 g/mol. The van der Waals surface area contributed by atoms with Crippen molar-refractivity contribution in [2.45, 2.75) is 31.2 Å². The second-order valence-electron chi connectivity index (χ2n) is 4.07. The molecule has 88 valence electrons. The molecule has 1 aromatic rings. The molecule has 1 aliphatic rings. The lowest BCUT2D eigenvalue weighted by Gasteiger charge is -2.21. The number of benzene rings is 1. The molecule has 0 unspecified atom stereocenters.